The first-order valence-electron chi connectivity index (χ1n) is 8.44. The van der Waals surface area contributed by atoms with Crippen LogP contribution in [-0.4, -0.2) is 26.2 Å². The minimum absolute atomic E-state index is 0.862. The number of ether oxygens (including phenoxy) is 1. The van der Waals surface area contributed by atoms with Gasteiger partial charge in [-0.1, -0.05) is 19.1 Å². The minimum Gasteiger partial charge on any atom is -0.494 e. The zero-order valence-electron chi connectivity index (χ0n) is 13.0. The number of likely N-dealkylation sites (tertiary alicyclic amines) is 1. The molecule has 0 saturated carbocycles. The summed E-state index contributed by atoms with van der Waals surface area (Å²) < 4.78 is 5.79. The standard InChI is InChI=1S/C18H29NO/c1-2-17-9-11-18(12-10-17)20-16-8-4-7-15-19-13-5-3-6-14-19/h9-12H,2-8,13-16H2,1H3/p+1. The smallest absolute Gasteiger partial charge is 0.119 e. The van der Waals surface area contributed by atoms with Crippen LogP contribution in [0.4, 0.5) is 0 Å². The van der Waals surface area contributed by atoms with Crippen LogP contribution < -0.4 is 9.64 Å². The molecule has 1 aliphatic rings. The molecule has 0 bridgehead atoms. The lowest BCUT2D eigenvalue weighted by molar-refractivity contribution is -0.905. The Hall–Kier alpha value is -1.02. The zero-order valence-corrected chi connectivity index (χ0v) is 13.0. The molecule has 2 heteroatoms. The molecule has 0 atom stereocenters. The van der Waals surface area contributed by atoms with Gasteiger partial charge in [0, 0.05) is 0 Å². The molecule has 112 valence electrons. The largest absolute Gasteiger partial charge is 0.494 e. The molecule has 0 amide bonds. The Bertz CT molecular complexity index is 354. The predicted molar refractivity (Wildman–Crippen MR) is 84.6 cm³/mol. The van der Waals surface area contributed by atoms with Gasteiger partial charge in [0.15, 0.2) is 0 Å². The number of hydrogen-bond acceptors (Lipinski definition) is 1. The number of piperidine rings is 1. The summed E-state index contributed by atoms with van der Waals surface area (Å²) in [6.45, 7) is 7.22. The van der Waals surface area contributed by atoms with Crippen molar-refractivity contribution in [2.75, 3.05) is 26.2 Å². The van der Waals surface area contributed by atoms with E-state index in [1.807, 2.05) is 4.90 Å². The number of hydrogen-bond donors (Lipinski definition) is 1. The summed E-state index contributed by atoms with van der Waals surface area (Å²) in [5.74, 6) is 1.02. The normalized spacial score (nSPS) is 16.2. The van der Waals surface area contributed by atoms with Gasteiger partial charge >= 0.3 is 0 Å². The van der Waals surface area contributed by atoms with Gasteiger partial charge in [-0.05, 0) is 62.6 Å². The minimum atomic E-state index is 0.862. The van der Waals surface area contributed by atoms with E-state index in [1.165, 1.54) is 63.7 Å². The Balaban J connectivity index is 1.50. The summed E-state index contributed by atoms with van der Waals surface area (Å²) in [6, 6.07) is 8.51. The van der Waals surface area contributed by atoms with Crippen molar-refractivity contribution in [3.8, 4) is 5.75 Å². The van der Waals surface area contributed by atoms with Crippen molar-refractivity contribution >= 4 is 0 Å². The first kappa shape index (κ1) is 15.4. The van der Waals surface area contributed by atoms with E-state index in [4.69, 9.17) is 4.74 Å². The summed E-state index contributed by atoms with van der Waals surface area (Å²) in [4.78, 5) is 1.83. The Morgan fingerprint density at radius 1 is 0.950 bits per heavy atom. The predicted octanol–water partition coefficient (Wildman–Crippen LogP) is 2.87. The fourth-order valence-corrected chi connectivity index (χ4v) is 2.97. The van der Waals surface area contributed by atoms with Gasteiger partial charge in [-0.2, -0.15) is 0 Å². The molecule has 1 heterocycles. The van der Waals surface area contributed by atoms with Gasteiger partial charge in [0.2, 0.25) is 0 Å². The zero-order chi connectivity index (χ0) is 14.0. The van der Waals surface area contributed by atoms with E-state index in [9.17, 15) is 0 Å². The van der Waals surface area contributed by atoms with Crippen LogP contribution in [0.15, 0.2) is 24.3 Å². The van der Waals surface area contributed by atoms with E-state index in [0.29, 0.717) is 0 Å². The monoisotopic (exact) mass is 276 g/mol. The van der Waals surface area contributed by atoms with Gasteiger partial charge in [-0.25, -0.2) is 0 Å². The summed E-state index contributed by atoms with van der Waals surface area (Å²) in [5, 5.41) is 0. The summed E-state index contributed by atoms with van der Waals surface area (Å²) in [7, 11) is 0. The maximum Gasteiger partial charge on any atom is 0.119 e. The second-order valence-electron chi connectivity index (χ2n) is 5.97. The highest BCUT2D eigenvalue weighted by atomic mass is 16.5. The van der Waals surface area contributed by atoms with Crippen LogP contribution in [-0.2, 0) is 6.42 Å². The van der Waals surface area contributed by atoms with Crippen LogP contribution >= 0.6 is 0 Å². The molecule has 2 rings (SSSR count). The van der Waals surface area contributed by atoms with E-state index in [1.54, 1.807) is 0 Å². The molecule has 1 aliphatic heterocycles. The van der Waals surface area contributed by atoms with Crippen LogP contribution in [0.2, 0.25) is 0 Å². The second kappa shape index (κ2) is 9.02. The highest BCUT2D eigenvalue weighted by molar-refractivity contribution is 5.27. The molecule has 0 aliphatic carbocycles. The van der Waals surface area contributed by atoms with Crippen LogP contribution in [0.5, 0.6) is 5.75 Å². The number of rotatable bonds is 8. The molecule has 1 aromatic carbocycles. The maximum absolute atomic E-state index is 5.79. The summed E-state index contributed by atoms with van der Waals surface area (Å²) in [6.07, 6.45) is 9.26. The molecule has 1 fully saturated rings. The molecule has 0 radical (unpaired) electrons. The molecule has 2 nitrogen and oxygen atoms in total. The van der Waals surface area contributed by atoms with E-state index in [-0.39, 0.29) is 0 Å². The first-order chi connectivity index (χ1) is 9.88. The topological polar surface area (TPSA) is 13.7 Å². The van der Waals surface area contributed by atoms with E-state index >= 15 is 0 Å². The fourth-order valence-electron chi connectivity index (χ4n) is 2.97. The Labute approximate surface area is 124 Å². The summed E-state index contributed by atoms with van der Waals surface area (Å²) >= 11 is 0. The highest BCUT2D eigenvalue weighted by Gasteiger charge is 2.12. The number of unbranched alkanes of at least 4 members (excludes halogenated alkanes) is 2. The molecule has 1 saturated heterocycles. The molecule has 0 spiro atoms. The van der Waals surface area contributed by atoms with Crippen molar-refractivity contribution in [3.05, 3.63) is 29.8 Å². The van der Waals surface area contributed by atoms with E-state index in [0.717, 1.165) is 18.8 Å². The van der Waals surface area contributed by atoms with Gasteiger partial charge in [0.05, 0.1) is 26.2 Å². The highest BCUT2D eigenvalue weighted by Crippen LogP contribution is 2.13. The van der Waals surface area contributed by atoms with Crippen molar-refractivity contribution in [3.63, 3.8) is 0 Å². The number of quaternary nitrogens is 1. The van der Waals surface area contributed by atoms with Gasteiger partial charge in [-0.15, -0.1) is 0 Å². The molecule has 0 aromatic heterocycles. The molecule has 20 heavy (non-hydrogen) atoms. The summed E-state index contributed by atoms with van der Waals surface area (Å²) in [5.41, 5.74) is 1.38. The molecule has 0 unspecified atom stereocenters. The molecular formula is C18H30NO+. The number of nitrogens with one attached hydrogen (secondary N) is 1. The lowest BCUT2D eigenvalue weighted by atomic mass is 10.1. The van der Waals surface area contributed by atoms with Crippen LogP contribution in [0, 0.1) is 0 Å². The first-order valence-corrected chi connectivity index (χ1v) is 8.44. The Kier molecular flexibility index (Phi) is 6.93. The second-order valence-corrected chi connectivity index (χ2v) is 5.97. The van der Waals surface area contributed by atoms with Crippen LogP contribution in [0.1, 0.15) is 51.0 Å². The third-order valence-electron chi connectivity index (χ3n) is 4.34. The van der Waals surface area contributed by atoms with E-state index < -0.39 is 0 Å². The fraction of sp³-hybridized carbons (Fsp3) is 0.667. The Morgan fingerprint density at radius 2 is 1.70 bits per heavy atom. The van der Waals surface area contributed by atoms with Crippen LogP contribution in [0.25, 0.3) is 0 Å². The third kappa shape index (κ3) is 5.54. The molecular weight excluding hydrogens is 246 g/mol. The van der Waals surface area contributed by atoms with Gasteiger partial charge < -0.3 is 9.64 Å². The third-order valence-corrected chi connectivity index (χ3v) is 4.34. The quantitative estimate of drug-likeness (QED) is 0.721. The Morgan fingerprint density at radius 3 is 2.40 bits per heavy atom. The number of benzene rings is 1. The average molecular weight is 276 g/mol. The lowest BCUT2D eigenvalue weighted by Gasteiger charge is -2.23. The average Bonchev–Trinajstić information content (AvgIpc) is 2.52. The van der Waals surface area contributed by atoms with Gasteiger partial charge in [-0.3, -0.25) is 0 Å². The maximum atomic E-state index is 5.79. The molecule has 1 N–H and O–H groups in total. The van der Waals surface area contributed by atoms with Crippen LogP contribution in [0.3, 0.4) is 0 Å². The van der Waals surface area contributed by atoms with Crippen molar-refractivity contribution in [1.29, 1.82) is 0 Å². The van der Waals surface area contributed by atoms with Crippen molar-refractivity contribution < 1.29 is 9.64 Å². The van der Waals surface area contributed by atoms with E-state index in [2.05, 4.69) is 31.2 Å². The van der Waals surface area contributed by atoms with Crippen molar-refractivity contribution in [2.45, 2.75) is 51.9 Å². The van der Waals surface area contributed by atoms with Gasteiger partial charge in [0.1, 0.15) is 5.75 Å². The van der Waals surface area contributed by atoms with Crippen molar-refractivity contribution in [1.82, 2.24) is 0 Å². The lowest BCUT2D eigenvalue weighted by Crippen LogP contribution is -3.12. The van der Waals surface area contributed by atoms with Gasteiger partial charge in [0.25, 0.3) is 0 Å². The molecule has 1 aromatic rings. The number of aryl methyl sites for hydroxylation is 1. The SMILES string of the molecule is CCc1ccc(OCCCCC[NH+]2CCCCC2)cc1. The van der Waals surface area contributed by atoms with Crippen molar-refractivity contribution in [2.24, 2.45) is 0 Å².